The van der Waals surface area contributed by atoms with Crippen molar-refractivity contribution < 1.29 is 9.32 Å². The fourth-order valence-electron chi connectivity index (χ4n) is 5.22. The molecule has 4 aromatic rings. The summed E-state index contributed by atoms with van der Waals surface area (Å²) in [7, 11) is 0. The molecule has 3 heterocycles. The van der Waals surface area contributed by atoms with Crippen molar-refractivity contribution in [3.05, 3.63) is 70.3 Å². The molecular weight excluding hydrogens is 460 g/mol. The predicted molar refractivity (Wildman–Crippen MR) is 139 cm³/mol. The van der Waals surface area contributed by atoms with Crippen LogP contribution in [0.4, 0.5) is 0 Å². The number of carbonyl (C=O) groups excluding carboxylic acids is 1. The van der Waals surface area contributed by atoms with Gasteiger partial charge in [0.05, 0.1) is 16.7 Å². The molecule has 1 saturated heterocycles. The van der Waals surface area contributed by atoms with Crippen molar-refractivity contribution in [1.82, 2.24) is 19.6 Å². The lowest BCUT2D eigenvalue weighted by Crippen LogP contribution is -2.38. The van der Waals surface area contributed by atoms with Gasteiger partial charge in [0.2, 0.25) is 5.91 Å². The van der Waals surface area contributed by atoms with Crippen LogP contribution in [-0.4, -0.2) is 38.6 Å². The quantitative estimate of drug-likeness (QED) is 0.332. The maximum Gasteiger partial charge on any atom is 0.219 e. The molecular formula is C28H31ClN4O2. The molecule has 0 N–H and O–H groups in total. The van der Waals surface area contributed by atoms with E-state index in [0.29, 0.717) is 5.92 Å². The zero-order valence-electron chi connectivity index (χ0n) is 20.6. The minimum atomic E-state index is 0.173. The van der Waals surface area contributed by atoms with Crippen molar-refractivity contribution >= 4 is 28.5 Å². The van der Waals surface area contributed by atoms with Crippen molar-refractivity contribution in [3.8, 4) is 11.1 Å². The van der Waals surface area contributed by atoms with E-state index < -0.39 is 0 Å². The Morgan fingerprint density at radius 2 is 1.83 bits per heavy atom. The summed E-state index contributed by atoms with van der Waals surface area (Å²) in [5.41, 5.74) is 6.41. The third-order valence-corrected chi connectivity index (χ3v) is 7.45. The van der Waals surface area contributed by atoms with Crippen molar-refractivity contribution in [3.63, 3.8) is 0 Å². The largest absolute Gasteiger partial charge is 0.361 e. The molecule has 1 aliphatic rings. The molecule has 0 atom stereocenters. The van der Waals surface area contributed by atoms with Gasteiger partial charge in [-0.1, -0.05) is 35.0 Å². The minimum absolute atomic E-state index is 0.173. The first kappa shape index (κ1) is 23.6. The summed E-state index contributed by atoms with van der Waals surface area (Å²) in [4.78, 5) is 18.8. The SMILES string of the molecule is CC(=O)N1CCC(Cn2c(CCc3ccc(Cl)cc3)nc3cc(-c4c(C)noc4C)ccc32)CC1. The van der Waals surface area contributed by atoms with E-state index >= 15 is 0 Å². The zero-order chi connectivity index (χ0) is 24.5. The number of amides is 1. The fourth-order valence-corrected chi connectivity index (χ4v) is 5.35. The monoisotopic (exact) mass is 490 g/mol. The maximum absolute atomic E-state index is 11.8. The second-order valence-corrected chi connectivity index (χ2v) is 10.1. The van der Waals surface area contributed by atoms with Crippen LogP contribution in [0.1, 0.15) is 42.6 Å². The third kappa shape index (κ3) is 4.98. The number of nitrogens with zero attached hydrogens (tertiary/aromatic N) is 4. The van der Waals surface area contributed by atoms with Gasteiger partial charge in [-0.3, -0.25) is 4.79 Å². The number of carbonyl (C=O) groups is 1. The standard InChI is InChI=1S/C28H31ClN4O2/c1-18-28(19(2)35-31-18)23-7-10-26-25(16-23)30-27(11-6-21-4-8-24(29)9-5-21)33(26)17-22-12-14-32(15-13-22)20(3)34/h4-5,7-10,16,22H,6,11-15,17H2,1-3H3. The molecule has 35 heavy (non-hydrogen) atoms. The van der Waals surface area contributed by atoms with Crippen molar-refractivity contribution in [1.29, 1.82) is 0 Å². The van der Waals surface area contributed by atoms with Gasteiger partial charge in [-0.25, -0.2) is 4.98 Å². The van der Waals surface area contributed by atoms with Crippen LogP contribution in [0, 0.1) is 19.8 Å². The van der Waals surface area contributed by atoms with Gasteiger partial charge in [0.15, 0.2) is 0 Å². The molecule has 1 fully saturated rings. The van der Waals surface area contributed by atoms with Crippen LogP contribution in [0.15, 0.2) is 47.0 Å². The van der Waals surface area contributed by atoms with Crippen LogP contribution in [0.2, 0.25) is 5.02 Å². The minimum Gasteiger partial charge on any atom is -0.361 e. The summed E-state index contributed by atoms with van der Waals surface area (Å²) in [6.45, 7) is 8.17. The van der Waals surface area contributed by atoms with E-state index in [1.54, 1.807) is 6.92 Å². The number of likely N-dealkylation sites (tertiary alicyclic amines) is 1. The number of aryl methyl sites for hydroxylation is 4. The van der Waals surface area contributed by atoms with Gasteiger partial charge in [0.25, 0.3) is 0 Å². The lowest BCUT2D eigenvalue weighted by molar-refractivity contribution is -0.130. The van der Waals surface area contributed by atoms with E-state index in [0.717, 1.165) is 89.8 Å². The molecule has 0 unspecified atom stereocenters. The number of aromatic nitrogens is 3. The lowest BCUT2D eigenvalue weighted by atomic mass is 9.96. The van der Waals surface area contributed by atoms with Gasteiger partial charge < -0.3 is 14.0 Å². The third-order valence-electron chi connectivity index (χ3n) is 7.20. The summed E-state index contributed by atoms with van der Waals surface area (Å²) in [6, 6.07) is 14.5. The summed E-state index contributed by atoms with van der Waals surface area (Å²) < 4.78 is 7.80. The second kappa shape index (κ2) is 9.86. The van der Waals surface area contributed by atoms with Crippen LogP contribution in [0.25, 0.3) is 22.2 Å². The molecule has 0 radical (unpaired) electrons. The summed E-state index contributed by atoms with van der Waals surface area (Å²) in [5.74, 6) is 2.62. The first-order valence-electron chi connectivity index (χ1n) is 12.3. The predicted octanol–water partition coefficient (Wildman–Crippen LogP) is 6.01. The molecule has 2 aromatic carbocycles. The topological polar surface area (TPSA) is 64.2 Å². The number of fused-ring (bicyclic) bond motifs is 1. The van der Waals surface area contributed by atoms with Crippen LogP contribution in [0.5, 0.6) is 0 Å². The highest BCUT2D eigenvalue weighted by Gasteiger charge is 2.23. The molecule has 182 valence electrons. The Labute approximate surface area is 210 Å². The zero-order valence-corrected chi connectivity index (χ0v) is 21.3. The number of hydrogen-bond acceptors (Lipinski definition) is 4. The average molecular weight is 491 g/mol. The first-order valence-corrected chi connectivity index (χ1v) is 12.7. The number of imidazole rings is 1. The summed E-state index contributed by atoms with van der Waals surface area (Å²) >= 11 is 6.07. The Morgan fingerprint density at radius 3 is 2.49 bits per heavy atom. The molecule has 7 heteroatoms. The van der Waals surface area contributed by atoms with E-state index in [9.17, 15) is 4.79 Å². The molecule has 0 bridgehead atoms. The highest BCUT2D eigenvalue weighted by atomic mass is 35.5. The van der Waals surface area contributed by atoms with E-state index in [1.165, 1.54) is 5.56 Å². The molecule has 1 aliphatic heterocycles. The van der Waals surface area contributed by atoms with Crippen LogP contribution >= 0.6 is 11.6 Å². The molecule has 0 saturated carbocycles. The van der Waals surface area contributed by atoms with Gasteiger partial charge in [-0.2, -0.15) is 0 Å². The molecule has 5 rings (SSSR count). The van der Waals surface area contributed by atoms with E-state index in [1.807, 2.05) is 30.9 Å². The molecule has 1 amide bonds. The normalized spacial score (nSPS) is 14.7. The van der Waals surface area contributed by atoms with Gasteiger partial charge in [0, 0.05) is 43.6 Å². The van der Waals surface area contributed by atoms with Crippen LogP contribution < -0.4 is 0 Å². The Kier molecular flexibility index (Phi) is 6.65. The smallest absolute Gasteiger partial charge is 0.219 e. The van der Waals surface area contributed by atoms with Gasteiger partial charge in [-0.05, 0) is 74.4 Å². The average Bonchev–Trinajstić information content (AvgIpc) is 3.37. The van der Waals surface area contributed by atoms with Crippen molar-refractivity contribution in [2.75, 3.05) is 13.1 Å². The van der Waals surface area contributed by atoms with Gasteiger partial charge in [-0.15, -0.1) is 0 Å². The van der Waals surface area contributed by atoms with Crippen molar-refractivity contribution in [2.24, 2.45) is 5.92 Å². The van der Waals surface area contributed by atoms with E-state index in [-0.39, 0.29) is 5.91 Å². The molecule has 0 spiro atoms. The molecule has 6 nitrogen and oxygen atoms in total. The Morgan fingerprint density at radius 1 is 1.09 bits per heavy atom. The number of halogens is 1. The number of piperidine rings is 1. The highest BCUT2D eigenvalue weighted by Crippen LogP contribution is 2.31. The fraction of sp³-hybridized carbons (Fsp3) is 0.393. The summed E-state index contributed by atoms with van der Waals surface area (Å²) in [5, 5.41) is 4.88. The highest BCUT2D eigenvalue weighted by molar-refractivity contribution is 6.30. The lowest BCUT2D eigenvalue weighted by Gasteiger charge is -2.31. The number of rotatable bonds is 6. The van der Waals surface area contributed by atoms with Crippen molar-refractivity contribution in [2.45, 2.75) is 53.0 Å². The Balaban J connectivity index is 1.46. The van der Waals surface area contributed by atoms with Crippen LogP contribution in [0.3, 0.4) is 0 Å². The second-order valence-electron chi connectivity index (χ2n) is 9.62. The van der Waals surface area contributed by atoms with Gasteiger partial charge in [0.1, 0.15) is 11.6 Å². The Hall–Kier alpha value is -3.12. The maximum atomic E-state index is 11.8. The Bertz CT molecular complexity index is 1330. The number of benzene rings is 2. The van der Waals surface area contributed by atoms with E-state index in [4.69, 9.17) is 21.1 Å². The molecule has 2 aromatic heterocycles. The van der Waals surface area contributed by atoms with Gasteiger partial charge >= 0.3 is 0 Å². The van der Waals surface area contributed by atoms with E-state index in [2.05, 4.69) is 40.1 Å². The molecule has 0 aliphatic carbocycles. The van der Waals surface area contributed by atoms with Crippen LogP contribution in [-0.2, 0) is 24.2 Å². The first-order chi connectivity index (χ1) is 16.9. The summed E-state index contributed by atoms with van der Waals surface area (Å²) in [6.07, 6.45) is 3.79. The number of hydrogen-bond donors (Lipinski definition) is 0.